The van der Waals surface area contributed by atoms with Gasteiger partial charge in [-0.25, -0.2) is 4.98 Å². The molecule has 2 aromatic rings. The van der Waals surface area contributed by atoms with E-state index in [4.69, 9.17) is 4.74 Å². The molecule has 1 fully saturated rings. The first-order chi connectivity index (χ1) is 8.92. The van der Waals surface area contributed by atoms with Crippen molar-refractivity contribution >= 4 is 21.6 Å². The van der Waals surface area contributed by atoms with Crippen molar-refractivity contribution in [1.82, 2.24) is 10.3 Å². The third-order valence-electron chi connectivity index (χ3n) is 3.25. The Morgan fingerprint density at radius 1 is 1.39 bits per heavy atom. The van der Waals surface area contributed by atoms with Gasteiger partial charge in [0.25, 0.3) is 0 Å². The average Bonchev–Trinajstić information content (AvgIpc) is 3.03. The molecule has 0 amide bonds. The van der Waals surface area contributed by atoms with Gasteiger partial charge in [-0.1, -0.05) is 12.1 Å². The third-order valence-corrected chi connectivity index (χ3v) is 4.35. The minimum atomic E-state index is 0.431. The van der Waals surface area contributed by atoms with E-state index in [9.17, 15) is 0 Å². The molecule has 0 aliphatic carbocycles. The summed E-state index contributed by atoms with van der Waals surface area (Å²) in [5.41, 5.74) is 1.12. The van der Waals surface area contributed by atoms with Gasteiger partial charge >= 0.3 is 0 Å². The van der Waals surface area contributed by atoms with Crippen molar-refractivity contribution in [1.29, 1.82) is 0 Å². The first kappa shape index (κ1) is 12.1. The molecule has 0 saturated carbocycles. The maximum atomic E-state index is 5.58. The van der Waals surface area contributed by atoms with Crippen molar-refractivity contribution in [2.75, 3.05) is 19.7 Å². The maximum absolute atomic E-state index is 5.58. The second-order valence-electron chi connectivity index (χ2n) is 4.66. The van der Waals surface area contributed by atoms with E-state index in [2.05, 4.69) is 28.5 Å². The topological polar surface area (TPSA) is 34.1 Å². The van der Waals surface area contributed by atoms with Gasteiger partial charge in [-0.15, -0.1) is 11.3 Å². The minimum absolute atomic E-state index is 0.431. The van der Waals surface area contributed by atoms with E-state index >= 15 is 0 Å². The van der Waals surface area contributed by atoms with Crippen LogP contribution in [-0.2, 0) is 11.2 Å². The van der Waals surface area contributed by atoms with Gasteiger partial charge in [-0.3, -0.25) is 0 Å². The van der Waals surface area contributed by atoms with E-state index in [-0.39, 0.29) is 0 Å². The SMILES string of the molecule is c1ccc2sc(CCNCC3CCCO3)nc2c1. The summed E-state index contributed by atoms with van der Waals surface area (Å²) in [6, 6.07) is 8.33. The molecular weight excluding hydrogens is 244 g/mol. The summed E-state index contributed by atoms with van der Waals surface area (Å²) in [5, 5.41) is 4.68. The fourth-order valence-corrected chi connectivity index (χ4v) is 3.26. The zero-order chi connectivity index (χ0) is 12.2. The van der Waals surface area contributed by atoms with Crippen LogP contribution in [0.15, 0.2) is 24.3 Å². The van der Waals surface area contributed by atoms with Gasteiger partial charge in [-0.2, -0.15) is 0 Å². The number of nitrogens with zero attached hydrogens (tertiary/aromatic N) is 1. The lowest BCUT2D eigenvalue weighted by Gasteiger charge is -2.09. The van der Waals surface area contributed by atoms with Crippen LogP contribution in [0.1, 0.15) is 17.8 Å². The zero-order valence-corrected chi connectivity index (χ0v) is 11.2. The molecule has 0 spiro atoms. The van der Waals surface area contributed by atoms with E-state index in [0.717, 1.165) is 31.6 Å². The van der Waals surface area contributed by atoms with Crippen molar-refractivity contribution in [3.63, 3.8) is 0 Å². The van der Waals surface area contributed by atoms with Crippen LogP contribution in [0.3, 0.4) is 0 Å². The molecule has 1 unspecified atom stereocenters. The summed E-state index contributed by atoms with van der Waals surface area (Å²) in [7, 11) is 0. The molecule has 1 aromatic heterocycles. The van der Waals surface area contributed by atoms with Crippen molar-refractivity contribution in [3.8, 4) is 0 Å². The number of benzene rings is 1. The quantitative estimate of drug-likeness (QED) is 0.841. The molecule has 1 aliphatic rings. The van der Waals surface area contributed by atoms with Gasteiger partial charge in [0.2, 0.25) is 0 Å². The second kappa shape index (κ2) is 5.78. The van der Waals surface area contributed by atoms with Crippen LogP contribution in [0.5, 0.6) is 0 Å². The Kier molecular flexibility index (Phi) is 3.88. The molecule has 3 rings (SSSR count). The van der Waals surface area contributed by atoms with Crippen LogP contribution in [0, 0.1) is 0 Å². The normalized spacial score (nSPS) is 19.7. The Bertz CT molecular complexity index is 472. The fraction of sp³-hybridized carbons (Fsp3) is 0.500. The highest BCUT2D eigenvalue weighted by Crippen LogP contribution is 2.21. The van der Waals surface area contributed by atoms with Crippen molar-refractivity contribution in [2.45, 2.75) is 25.4 Å². The number of aromatic nitrogens is 1. The molecule has 0 radical (unpaired) electrons. The van der Waals surface area contributed by atoms with Crippen LogP contribution in [-0.4, -0.2) is 30.8 Å². The first-order valence-corrected chi connectivity index (χ1v) is 7.40. The number of para-hydroxylation sites is 1. The summed E-state index contributed by atoms with van der Waals surface area (Å²) in [5.74, 6) is 0. The Balaban J connectivity index is 1.47. The standard InChI is InChI=1S/C14H18N2OS/c1-2-6-13-12(5-1)16-14(18-13)7-8-15-10-11-4-3-9-17-11/h1-2,5-6,11,15H,3-4,7-10H2. The molecule has 0 bridgehead atoms. The summed E-state index contributed by atoms with van der Waals surface area (Å²) in [4.78, 5) is 4.63. The lowest BCUT2D eigenvalue weighted by Crippen LogP contribution is -2.27. The second-order valence-corrected chi connectivity index (χ2v) is 5.78. The van der Waals surface area contributed by atoms with Gasteiger partial charge in [0.1, 0.15) is 0 Å². The van der Waals surface area contributed by atoms with Crippen molar-refractivity contribution in [3.05, 3.63) is 29.3 Å². The summed E-state index contributed by atoms with van der Waals surface area (Å²) < 4.78 is 6.86. The predicted molar refractivity (Wildman–Crippen MR) is 75.2 cm³/mol. The van der Waals surface area contributed by atoms with Gasteiger partial charge in [0.15, 0.2) is 0 Å². The average molecular weight is 262 g/mol. The highest BCUT2D eigenvalue weighted by atomic mass is 32.1. The smallest absolute Gasteiger partial charge is 0.0951 e. The van der Waals surface area contributed by atoms with E-state index in [1.165, 1.54) is 22.5 Å². The van der Waals surface area contributed by atoms with Crippen LogP contribution < -0.4 is 5.32 Å². The largest absolute Gasteiger partial charge is 0.377 e. The lowest BCUT2D eigenvalue weighted by molar-refractivity contribution is 0.110. The van der Waals surface area contributed by atoms with E-state index in [0.29, 0.717) is 6.10 Å². The van der Waals surface area contributed by atoms with Gasteiger partial charge < -0.3 is 10.1 Å². The molecule has 96 valence electrons. The van der Waals surface area contributed by atoms with Crippen LogP contribution in [0.4, 0.5) is 0 Å². The first-order valence-electron chi connectivity index (χ1n) is 6.58. The number of ether oxygens (including phenoxy) is 1. The van der Waals surface area contributed by atoms with Crippen LogP contribution in [0.25, 0.3) is 10.2 Å². The third kappa shape index (κ3) is 2.88. The van der Waals surface area contributed by atoms with E-state index < -0.39 is 0 Å². The summed E-state index contributed by atoms with van der Waals surface area (Å²) in [6.45, 7) is 2.90. The molecule has 4 heteroatoms. The Morgan fingerprint density at radius 2 is 2.33 bits per heavy atom. The molecule has 2 heterocycles. The molecule has 1 aliphatic heterocycles. The molecule has 1 atom stereocenters. The molecule has 3 nitrogen and oxygen atoms in total. The molecular formula is C14H18N2OS. The zero-order valence-electron chi connectivity index (χ0n) is 10.4. The minimum Gasteiger partial charge on any atom is -0.377 e. The van der Waals surface area contributed by atoms with Crippen LogP contribution >= 0.6 is 11.3 Å². The fourth-order valence-electron chi connectivity index (χ4n) is 2.29. The summed E-state index contributed by atoms with van der Waals surface area (Å²) in [6.07, 6.45) is 3.85. The van der Waals surface area contributed by atoms with Gasteiger partial charge in [0.05, 0.1) is 21.3 Å². The number of hydrogen-bond donors (Lipinski definition) is 1. The Hall–Kier alpha value is -0.970. The maximum Gasteiger partial charge on any atom is 0.0951 e. The van der Waals surface area contributed by atoms with Crippen LogP contribution in [0.2, 0.25) is 0 Å². The predicted octanol–water partition coefficient (Wildman–Crippen LogP) is 2.61. The van der Waals surface area contributed by atoms with E-state index in [1.54, 1.807) is 11.3 Å². The molecule has 1 saturated heterocycles. The van der Waals surface area contributed by atoms with Crippen molar-refractivity contribution in [2.24, 2.45) is 0 Å². The highest BCUT2D eigenvalue weighted by molar-refractivity contribution is 7.18. The number of thiazole rings is 1. The van der Waals surface area contributed by atoms with Gasteiger partial charge in [-0.05, 0) is 25.0 Å². The number of rotatable bonds is 5. The monoisotopic (exact) mass is 262 g/mol. The van der Waals surface area contributed by atoms with Gasteiger partial charge in [0, 0.05) is 26.1 Å². The van der Waals surface area contributed by atoms with E-state index in [1.807, 2.05) is 6.07 Å². The lowest BCUT2D eigenvalue weighted by atomic mass is 10.2. The molecule has 1 aromatic carbocycles. The van der Waals surface area contributed by atoms with Crippen molar-refractivity contribution < 1.29 is 4.74 Å². The molecule has 1 N–H and O–H groups in total. The Labute approximate surface area is 111 Å². The highest BCUT2D eigenvalue weighted by Gasteiger charge is 2.14. The number of hydrogen-bond acceptors (Lipinski definition) is 4. The number of fused-ring (bicyclic) bond motifs is 1. The summed E-state index contributed by atoms with van der Waals surface area (Å²) >= 11 is 1.80. The number of nitrogens with one attached hydrogen (secondary N) is 1. The Morgan fingerprint density at radius 3 is 3.17 bits per heavy atom. The molecule has 18 heavy (non-hydrogen) atoms.